The Balaban J connectivity index is 0.00000261. The maximum absolute atomic E-state index is 5.30. The molecule has 27 heavy (non-hydrogen) atoms. The first-order chi connectivity index (χ1) is 12.6. The molecular formula is C18H30IN7O. The fourth-order valence-corrected chi connectivity index (χ4v) is 3.31. The maximum Gasteiger partial charge on any atom is 0.228 e. The van der Waals surface area contributed by atoms with Crippen LogP contribution in [0.25, 0.3) is 0 Å². The molecule has 1 aliphatic heterocycles. The molecule has 2 unspecified atom stereocenters. The van der Waals surface area contributed by atoms with Gasteiger partial charge in [-0.25, -0.2) is 4.98 Å². The average Bonchev–Trinajstić information content (AvgIpc) is 3.31. The standard InChI is InChI=1S/C18H29N7O.HI/c1-13(2)17-22-16(26-23-17)5-7-21-18(19-4)24-9-6-14(3)15(11-24)25-10-8-20-12-25;/h8,10,12-15H,5-7,9,11H2,1-4H3,(H,19,21);1H. The van der Waals surface area contributed by atoms with Crippen LogP contribution in [0.5, 0.6) is 0 Å². The van der Waals surface area contributed by atoms with Crippen molar-refractivity contribution in [3.63, 3.8) is 0 Å². The van der Waals surface area contributed by atoms with E-state index in [2.05, 4.69) is 55.7 Å². The quantitative estimate of drug-likeness (QED) is 0.397. The van der Waals surface area contributed by atoms with E-state index in [1.54, 1.807) is 0 Å². The van der Waals surface area contributed by atoms with E-state index in [0.717, 1.165) is 31.3 Å². The number of aliphatic imine (C=N–C) groups is 1. The van der Waals surface area contributed by atoms with Gasteiger partial charge in [0.15, 0.2) is 11.8 Å². The molecule has 3 rings (SSSR count). The molecule has 8 nitrogen and oxygen atoms in total. The van der Waals surface area contributed by atoms with Gasteiger partial charge in [-0.2, -0.15) is 4.98 Å². The molecule has 0 aliphatic carbocycles. The third kappa shape index (κ3) is 5.43. The third-order valence-corrected chi connectivity index (χ3v) is 4.96. The van der Waals surface area contributed by atoms with Crippen molar-refractivity contribution in [3.05, 3.63) is 30.4 Å². The Morgan fingerprint density at radius 1 is 1.44 bits per heavy atom. The molecule has 3 heterocycles. The van der Waals surface area contributed by atoms with Crippen molar-refractivity contribution >= 4 is 29.9 Å². The van der Waals surface area contributed by atoms with Gasteiger partial charge < -0.3 is 19.3 Å². The van der Waals surface area contributed by atoms with Crippen molar-refractivity contribution in [3.8, 4) is 0 Å². The molecule has 0 saturated carbocycles. The van der Waals surface area contributed by atoms with Gasteiger partial charge in [0.05, 0.1) is 12.4 Å². The zero-order valence-corrected chi connectivity index (χ0v) is 18.8. The summed E-state index contributed by atoms with van der Waals surface area (Å²) in [5.41, 5.74) is 0. The van der Waals surface area contributed by atoms with Gasteiger partial charge in [-0.05, 0) is 12.3 Å². The van der Waals surface area contributed by atoms with Crippen LogP contribution in [0.1, 0.15) is 50.9 Å². The molecule has 1 N–H and O–H groups in total. The van der Waals surface area contributed by atoms with Crippen molar-refractivity contribution < 1.29 is 4.52 Å². The molecule has 0 amide bonds. The first-order valence-corrected chi connectivity index (χ1v) is 9.34. The summed E-state index contributed by atoms with van der Waals surface area (Å²) in [7, 11) is 1.83. The number of guanidine groups is 1. The van der Waals surface area contributed by atoms with Crippen LogP contribution in [0.4, 0.5) is 0 Å². The van der Waals surface area contributed by atoms with E-state index in [4.69, 9.17) is 4.52 Å². The summed E-state index contributed by atoms with van der Waals surface area (Å²) in [6, 6.07) is 0.411. The lowest BCUT2D eigenvalue weighted by Gasteiger charge is -2.39. The van der Waals surface area contributed by atoms with Crippen molar-refractivity contribution in [1.82, 2.24) is 29.9 Å². The van der Waals surface area contributed by atoms with E-state index in [9.17, 15) is 0 Å². The van der Waals surface area contributed by atoms with Crippen LogP contribution in [0, 0.1) is 5.92 Å². The predicted molar refractivity (Wildman–Crippen MR) is 115 cm³/mol. The molecule has 9 heteroatoms. The number of likely N-dealkylation sites (tertiary alicyclic amines) is 1. The van der Waals surface area contributed by atoms with Crippen LogP contribution in [0.15, 0.2) is 28.2 Å². The summed E-state index contributed by atoms with van der Waals surface area (Å²) < 4.78 is 7.51. The first-order valence-electron chi connectivity index (χ1n) is 9.34. The van der Waals surface area contributed by atoms with Crippen LogP contribution in [0.2, 0.25) is 0 Å². The second-order valence-corrected chi connectivity index (χ2v) is 7.21. The fraction of sp³-hybridized carbons (Fsp3) is 0.667. The molecule has 1 saturated heterocycles. The molecule has 2 aromatic heterocycles. The molecule has 0 radical (unpaired) electrons. The predicted octanol–water partition coefficient (Wildman–Crippen LogP) is 2.71. The molecular weight excluding hydrogens is 457 g/mol. The summed E-state index contributed by atoms with van der Waals surface area (Å²) in [6.45, 7) is 9.07. The fourth-order valence-electron chi connectivity index (χ4n) is 3.31. The average molecular weight is 487 g/mol. The number of hydrogen-bond donors (Lipinski definition) is 1. The van der Waals surface area contributed by atoms with E-state index in [-0.39, 0.29) is 29.9 Å². The number of hydrogen-bond acceptors (Lipinski definition) is 5. The second kappa shape index (κ2) is 10.0. The summed E-state index contributed by atoms with van der Waals surface area (Å²) in [6.07, 6.45) is 7.61. The highest BCUT2D eigenvalue weighted by Crippen LogP contribution is 2.27. The summed E-state index contributed by atoms with van der Waals surface area (Å²) >= 11 is 0. The maximum atomic E-state index is 5.30. The minimum atomic E-state index is 0. The Kier molecular flexibility index (Phi) is 8.06. The third-order valence-electron chi connectivity index (χ3n) is 4.96. The number of halogens is 1. The minimum Gasteiger partial charge on any atom is -0.356 e. The summed E-state index contributed by atoms with van der Waals surface area (Å²) in [5, 5.41) is 7.44. The molecule has 2 atom stereocenters. The lowest BCUT2D eigenvalue weighted by Crippen LogP contribution is -2.49. The van der Waals surface area contributed by atoms with E-state index in [0.29, 0.717) is 30.8 Å². The lowest BCUT2D eigenvalue weighted by atomic mass is 9.93. The van der Waals surface area contributed by atoms with Crippen LogP contribution in [-0.4, -0.2) is 57.2 Å². The molecule has 150 valence electrons. The molecule has 0 aromatic carbocycles. The minimum absolute atomic E-state index is 0. The highest BCUT2D eigenvalue weighted by molar-refractivity contribution is 14.0. The molecule has 1 aliphatic rings. The van der Waals surface area contributed by atoms with Gasteiger partial charge in [0, 0.05) is 51.4 Å². The van der Waals surface area contributed by atoms with E-state index < -0.39 is 0 Å². The highest BCUT2D eigenvalue weighted by Gasteiger charge is 2.28. The van der Waals surface area contributed by atoms with Gasteiger partial charge >= 0.3 is 0 Å². The van der Waals surface area contributed by atoms with Crippen molar-refractivity contribution in [2.75, 3.05) is 26.7 Å². The van der Waals surface area contributed by atoms with Gasteiger partial charge in [0.1, 0.15) is 0 Å². The Morgan fingerprint density at radius 3 is 2.89 bits per heavy atom. The Morgan fingerprint density at radius 2 is 2.26 bits per heavy atom. The summed E-state index contributed by atoms with van der Waals surface area (Å²) in [4.78, 5) is 15.4. The van der Waals surface area contributed by atoms with Gasteiger partial charge in [0.25, 0.3) is 0 Å². The van der Waals surface area contributed by atoms with Crippen LogP contribution < -0.4 is 5.32 Å². The van der Waals surface area contributed by atoms with Crippen molar-refractivity contribution in [2.24, 2.45) is 10.9 Å². The van der Waals surface area contributed by atoms with E-state index in [1.807, 2.05) is 25.8 Å². The number of nitrogens with zero attached hydrogens (tertiary/aromatic N) is 6. The number of rotatable bonds is 5. The number of piperidine rings is 1. The Hall–Kier alpha value is -1.65. The topological polar surface area (TPSA) is 84.4 Å². The number of nitrogens with one attached hydrogen (secondary N) is 1. The highest BCUT2D eigenvalue weighted by atomic mass is 127. The van der Waals surface area contributed by atoms with Gasteiger partial charge in [-0.15, -0.1) is 24.0 Å². The van der Waals surface area contributed by atoms with Crippen molar-refractivity contribution in [1.29, 1.82) is 0 Å². The van der Waals surface area contributed by atoms with Crippen LogP contribution in [-0.2, 0) is 6.42 Å². The van der Waals surface area contributed by atoms with Gasteiger partial charge in [0.2, 0.25) is 5.89 Å². The molecule has 0 bridgehead atoms. The smallest absolute Gasteiger partial charge is 0.228 e. The van der Waals surface area contributed by atoms with Crippen LogP contribution in [0.3, 0.4) is 0 Å². The van der Waals surface area contributed by atoms with Crippen molar-refractivity contribution in [2.45, 2.75) is 45.6 Å². The van der Waals surface area contributed by atoms with Crippen LogP contribution >= 0.6 is 24.0 Å². The number of imidazole rings is 1. The van der Waals surface area contributed by atoms with E-state index in [1.165, 1.54) is 0 Å². The molecule has 1 fully saturated rings. The molecule has 0 spiro atoms. The second-order valence-electron chi connectivity index (χ2n) is 7.21. The zero-order valence-electron chi connectivity index (χ0n) is 16.5. The summed E-state index contributed by atoms with van der Waals surface area (Å²) in [5.74, 6) is 3.25. The SMILES string of the molecule is CN=C(NCCc1nc(C(C)C)no1)N1CCC(C)C(n2ccnc2)C1.I. The zero-order chi connectivity index (χ0) is 18.5. The van der Waals surface area contributed by atoms with Gasteiger partial charge in [-0.3, -0.25) is 4.99 Å². The normalized spacial score (nSPS) is 20.6. The monoisotopic (exact) mass is 487 g/mol. The lowest BCUT2D eigenvalue weighted by molar-refractivity contribution is 0.189. The van der Waals surface area contributed by atoms with Gasteiger partial charge in [-0.1, -0.05) is 25.9 Å². The number of aromatic nitrogens is 4. The first kappa shape index (κ1) is 21.6. The van der Waals surface area contributed by atoms with E-state index >= 15 is 0 Å². The largest absolute Gasteiger partial charge is 0.356 e. The molecule has 2 aromatic rings. The Bertz CT molecular complexity index is 713. The Labute approximate surface area is 177 Å².